The number of halogens is 1. The van der Waals surface area contributed by atoms with Crippen LogP contribution >= 0.6 is 0 Å². The minimum atomic E-state index is -0.344. The molecule has 3 nitrogen and oxygen atoms in total. The molecule has 19 heavy (non-hydrogen) atoms. The van der Waals surface area contributed by atoms with Crippen molar-refractivity contribution in [2.45, 2.75) is 31.9 Å². The van der Waals surface area contributed by atoms with E-state index in [4.69, 9.17) is 0 Å². The Hall–Kier alpha value is -0.970. The van der Waals surface area contributed by atoms with E-state index in [2.05, 4.69) is 12.2 Å². The van der Waals surface area contributed by atoms with E-state index in [9.17, 15) is 9.50 Å². The second kappa shape index (κ2) is 8.25. The van der Waals surface area contributed by atoms with Crippen LogP contribution in [0.15, 0.2) is 24.3 Å². The summed E-state index contributed by atoms with van der Waals surface area (Å²) in [7, 11) is 3.89. The van der Waals surface area contributed by atoms with Gasteiger partial charge >= 0.3 is 0 Å². The Bertz CT molecular complexity index is 354. The first-order valence-corrected chi connectivity index (χ1v) is 6.78. The van der Waals surface area contributed by atoms with E-state index in [1.165, 1.54) is 12.1 Å². The van der Waals surface area contributed by atoms with Gasteiger partial charge in [-0.25, -0.2) is 4.39 Å². The lowest BCUT2D eigenvalue weighted by Crippen LogP contribution is -2.38. The Kier molecular flexibility index (Phi) is 6.99. The number of aryl methyl sites for hydroxylation is 1. The highest BCUT2D eigenvalue weighted by molar-refractivity contribution is 5.16. The van der Waals surface area contributed by atoms with Gasteiger partial charge in [0.05, 0.1) is 6.10 Å². The van der Waals surface area contributed by atoms with Gasteiger partial charge in [0, 0.05) is 19.1 Å². The van der Waals surface area contributed by atoms with E-state index < -0.39 is 0 Å². The van der Waals surface area contributed by atoms with Crippen LogP contribution in [0.5, 0.6) is 0 Å². The summed E-state index contributed by atoms with van der Waals surface area (Å²) in [6, 6.07) is 6.97. The third kappa shape index (κ3) is 7.25. The van der Waals surface area contributed by atoms with Gasteiger partial charge in [0.1, 0.15) is 5.82 Å². The number of nitrogens with one attached hydrogen (secondary N) is 1. The summed E-state index contributed by atoms with van der Waals surface area (Å²) >= 11 is 0. The highest BCUT2D eigenvalue weighted by Crippen LogP contribution is 2.07. The van der Waals surface area contributed by atoms with Crippen LogP contribution in [-0.2, 0) is 6.42 Å². The molecule has 108 valence electrons. The molecule has 0 bridgehead atoms. The average Bonchev–Trinajstić information content (AvgIpc) is 2.35. The lowest BCUT2D eigenvalue weighted by molar-refractivity contribution is 0.131. The summed E-state index contributed by atoms with van der Waals surface area (Å²) in [4.78, 5) is 1.97. The van der Waals surface area contributed by atoms with Crippen LogP contribution in [0.2, 0.25) is 0 Å². The van der Waals surface area contributed by atoms with Crippen LogP contribution in [0, 0.1) is 5.82 Å². The Morgan fingerprint density at radius 3 is 2.47 bits per heavy atom. The fourth-order valence-electron chi connectivity index (χ4n) is 1.96. The highest BCUT2D eigenvalue weighted by Gasteiger charge is 2.08. The van der Waals surface area contributed by atoms with Crippen molar-refractivity contribution in [2.75, 3.05) is 27.2 Å². The van der Waals surface area contributed by atoms with Crippen molar-refractivity contribution in [3.8, 4) is 0 Å². The third-order valence-corrected chi connectivity index (χ3v) is 3.06. The zero-order chi connectivity index (χ0) is 14.3. The fourth-order valence-corrected chi connectivity index (χ4v) is 1.96. The molecule has 0 aliphatic rings. The van der Waals surface area contributed by atoms with Gasteiger partial charge in [-0.1, -0.05) is 12.1 Å². The number of likely N-dealkylation sites (N-methyl/N-ethyl adjacent to an activating group) is 1. The molecule has 0 amide bonds. The molecule has 2 unspecified atom stereocenters. The number of rotatable bonds is 8. The molecule has 2 atom stereocenters. The molecule has 0 aliphatic heterocycles. The first-order valence-electron chi connectivity index (χ1n) is 6.78. The zero-order valence-electron chi connectivity index (χ0n) is 12.1. The summed E-state index contributed by atoms with van der Waals surface area (Å²) in [5.41, 5.74) is 1.14. The molecule has 1 aromatic carbocycles. The maximum atomic E-state index is 12.8. The molecule has 0 saturated heterocycles. The summed E-state index contributed by atoms with van der Waals surface area (Å²) in [5.74, 6) is -0.193. The van der Waals surface area contributed by atoms with Crippen molar-refractivity contribution in [3.05, 3.63) is 35.6 Å². The predicted octanol–water partition coefficient (Wildman–Crippen LogP) is 1.66. The maximum absolute atomic E-state index is 12.8. The van der Waals surface area contributed by atoms with Gasteiger partial charge in [-0.05, 0) is 51.6 Å². The summed E-state index contributed by atoms with van der Waals surface area (Å²) in [6.07, 6.45) is 1.54. The lowest BCUT2D eigenvalue weighted by Gasteiger charge is -2.19. The van der Waals surface area contributed by atoms with Crippen LogP contribution in [0.1, 0.15) is 18.9 Å². The molecule has 1 rings (SSSR count). The van der Waals surface area contributed by atoms with E-state index in [1.807, 2.05) is 31.1 Å². The Labute approximate surface area is 115 Å². The van der Waals surface area contributed by atoms with Crippen molar-refractivity contribution in [3.63, 3.8) is 0 Å². The Balaban J connectivity index is 2.20. The predicted molar refractivity (Wildman–Crippen MR) is 76.7 cm³/mol. The van der Waals surface area contributed by atoms with E-state index in [0.717, 1.165) is 18.4 Å². The summed E-state index contributed by atoms with van der Waals surface area (Å²) in [5, 5.41) is 13.1. The lowest BCUT2D eigenvalue weighted by atomic mass is 10.1. The number of benzene rings is 1. The molecule has 4 heteroatoms. The molecule has 0 aliphatic carbocycles. The van der Waals surface area contributed by atoms with Gasteiger partial charge in [-0.3, -0.25) is 0 Å². The van der Waals surface area contributed by atoms with Crippen molar-refractivity contribution in [2.24, 2.45) is 0 Å². The topological polar surface area (TPSA) is 35.5 Å². The molecule has 1 aromatic rings. The van der Waals surface area contributed by atoms with E-state index in [-0.39, 0.29) is 11.9 Å². The number of nitrogens with zero attached hydrogens (tertiary/aromatic N) is 1. The molecule has 0 fully saturated rings. The molecule has 0 heterocycles. The van der Waals surface area contributed by atoms with Crippen LogP contribution < -0.4 is 5.32 Å². The Morgan fingerprint density at radius 2 is 1.89 bits per heavy atom. The van der Waals surface area contributed by atoms with Crippen molar-refractivity contribution in [1.82, 2.24) is 10.2 Å². The van der Waals surface area contributed by atoms with Crippen LogP contribution in [0.4, 0.5) is 4.39 Å². The number of hydrogen-bond donors (Lipinski definition) is 2. The number of aliphatic hydroxyl groups is 1. The van der Waals surface area contributed by atoms with Crippen LogP contribution in [0.25, 0.3) is 0 Å². The first kappa shape index (κ1) is 16.1. The zero-order valence-corrected chi connectivity index (χ0v) is 12.1. The minimum Gasteiger partial charge on any atom is -0.390 e. The highest BCUT2D eigenvalue weighted by atomic mass is 19.1. The van der Waals surface area contributed by atoms with Crippen LogP contribution in [-0.4, -0.2) is 49.3 Å². The molecular formula is C15H25FN2O. The van der Waals surface area contributed by atoms with Gasteiger partial charge in [0.25, 0.3) is 0 Å². The largest absolute Gasteiger partial charge is 0.390 e. The molecule has 0 spiro atoms. The normalized spacial score (nSPS) is 14.6. The number of hydrogen-bond acceptors (Lipinski definition) is 3. The van der Waals surface area contributed by atoms with Crippen molar-refractivity contribution >= 4 is 0 Å². The van der Waals surface area contributed by atoms with Gasteiger partial charge in [-0.2, -0.15) is 0 Å². The minimum absolute atomic E-state index is 0.193. The standard InChI is InChI=1S/C15H25FN2O/c1-12(17-10-15(19)11-18(2)3)4-5-13-6-8-14(16)9-7-13/h6-9,12,15,17,19H,4-5,10-11H2,1-3H3. The SMILES string of the molecule is CC(CCc1ccc(F)cc1)NCC(O)CN(C)C. The summed E-state index contributed by atoms with van der Waals surface area (Å²) < 4.78 is 12.8. The van der Waals surface area contributed by atoms with Gasteiger partial charge < -0.3 is 15.3 Å². The van der Waals surface area contributed by atoms with Crippen molar-refractivity contribution < 1.29 is 9.50 Å². The maximum Gasteiger partial charge on any atom is 0.123 e. The third-order valence-electron chi connectivity index (χ3n) is 3.06. The molecule has 0 aromatic heterocycles. The second-order valence-electron chi connectivity index (χ2n) is 5.39. The first-order chi connectivity index (χ1) is 8.97. The molecule has 0 saturated carbocycles. The van der Waals surface area contributed by atoms with Crippen molar-refractivity contribution in [1.29, 1.82) is 0 Å². The second-order valence-corrected chi connectivity index (χ2v) is 5.39. The quantitative estimate of drug-likeness (QED) is 0.752. The molecular weight excluding hydrogens is 243 g/mol. The Morgan fingerprint density at radius 1 is 1.26 bits per heavy atom. The van der Waals surface area contributed by atoms with E-state index >= 15 is 0 Å². The fraction of sp³-hybridized carbons (Fsp3) is 0.600. The van der Waals surface area contributed by atoms with Gasteiger partial charge in [-0.15, -0.1) is 0 Å². The smallest absolute Gasteiger partial charge is 0.123 e. The monoisotopic (exact) mass is 268 g/mol. The molecule has 2 N–H and O–H groups in total. The number of aliphatic hydroxyl groups excluding tert-OH is 1. The van der Waals surface area contributed by atoms with E-state index in [1.54, 1.807) is 0 Å². The van der Waals surface area contributed by atoms with Crippen LogP contribution in [0.3, 0.4) is 0 Å². The molecule has 0 radical (unpaired) electrons. The van der Waals surface area contributed by atoms with Gasteiger partial charge in [0.15, 0.2) is 0 Å². The summed E-state index contributed by atoms with van der Waals surface area (Å²) in [6.45, 7) is 3.37. The van der Waals surface area contributed by atoms with Gasteiger partial charge in [0.2, 0.25) is 0 Å². The van der Waals surface area contributed by atoms with E-state index in [0.29, 0.717) is 19.1 Å². The average molecular weight is 268 g/mol.